The first-order chi connectivity index (χ1) is 18.7. The van der Waals surface area contributed by atoms with Crippen LogP contribution < -0.4 is 14.4 Å². The van der Waals surface area contributed by atoms with E-state index >= 15 is 0 Å². The van der Waals surface area contributed by atoms with Gasteiger partial charge in [-0.3, -0.25) is 9.59 Å². The fourth-order valence-corrected chi connectivity index (χ4v) is 5.17. The zero-order valence-electron chi connectivity index (χ0n) is 22.5. The molecule has 0 aromatic heterocycles. The minimum absolute atomic E-state index is 0.0159. The van der Waals surface area contributed by atoms with Crippen molar-refractivity contribution in [2.75, 3.05) is 31.7 Å². The number of likely N-dealkylation sites (N-methyl/N-ethyl adjacent to an activating group) is 1. The van der Waals surface area contributed by atoms with Gasteiger partial charge in [-0.15, -0.1) is 0 Å². The lowest BCUT2D eigenvalue weighted by molar-refractivity contribution is -0.140. The summed E-state index contributed by atoms with van der Waals surface area (Å²) in [5, 5.41) is 21.9. The number of aliphatic hydroxyl groups is 1. The highest BCUT2D eigenvalue weighted by atomic mass is 16.5. The monoisotopic (exact) mass is 528 g/mol. The molecule has 0 aliphatic carbocycles. The van der Waals surface area contributed by atoms with Gasteiger partial charge >= 0.3 is 0 Å². The third-order valence-corrected chi connectivity index (χ3v) is 7.31. The number of likely N-dealkylation sites (tertiary alicyclic amines) is 1. The maximum absolute atomic E-state index is 13.6. The Balaban J connectivity index is 1.67. The van der Waals surface area contributed by atoms with Crippen molar-refractivity contribution in [3.63, 3.8) is 0 Å². The van der Waals surface area contributed by atoms with Gasteiger partial charge in [-0.1, -0.05) is 29.8 Å². The maximum atomic E-state index is 13.6. The highest BCUT2D eigenvalue weighted by Gasteiger charge is 2.46. The number of anilines is 1. The molecule has 3 aromatic rings. The largest absolute Gasteiger partial charge is 0.507 e. The molecule has 202 valence electrons. The summed E-state index contributed by atoms with van der Waals surface area (Å²) in [6.07, 6.45) is 0. The second kappa shape index (κ2) is 10.4. The molecule has 0 radical (unpaired) electrons. The number of Topliss-reactive ketones (excluding diaryl/α,β-unsaturated/α-hetero) is 1. The number of hydrogen-bond donors (Lipinski definition) is 2. The van der Waals surface area contributed by atoms with Crippen LogP contribution in [0.4, 0.5) is 5.69 Å². The molecule has 8 nitrogen and oxygen atoms in total. The average Bonchev–Trinajstić information content (AvgIpc) is 3.16. The number of aromatic hydroxyl groups is 1. The molecular formula is C31H32N2O6. The first kappa shape index (κ1) is 26.2. The van der Waals surface area contributed by atoms with Crippen LogP contribution in [-0.2, 0) is 16.1 Å². The van der Waals surface area contributed by atoms with Crippen molar-refractivity contribution in [1.82, 2.24) is 4.90 Å². The summed E-state index contributed by atoms with van der Waals surface area (Å²) in [6, 6.07) is 15.0. The molecular weight excluding hydrogens is 496 g/mol. The van der Waals surface area contributed by atoms with E-state index in [-0.39, 0.29) is 29.4 Å². The number of ketones is 1. The molecule has 5 rings (SSSR count). The summed E-state index contributed by atoms with van der Waals surface area (Å²) in [6.45, 7) is 7.47. The van der Waals surface area contributed by atoms with E-state index in [1.54, 1.807) is 37.3 Å². The SMILES string of the molecule is CCOc1cc(C2/C(=C(\O)c3ccc4c(c3)N(C)CCO4)C(=O)C(=O)N2Cc2cc(C)ccc2C)ccc1O. The van der Waals surface area contributed by atoms with Gasteiger partial charge in [-0.05, 0) is 67.8 Å². The van der Waals surface area contributed by atoms with E-state index in [1.807, 2.05) is 44.0 Å². The van der Waals surface area contributed by atoms with E-state index in [0.717, 1.165) is 22.4 Å². The summed E-state index contributed by atoms with van der Waals surface area (Å²) >= 11 is 0. The highest BCUT2D eigenvalue weighted by molar-refractivity contribution is 6.46. The Morgan fingerprint density at radius 2 is 1.87 bits per heavy atom. The zero-order chi connectivity index (χ0) is 27.8. The van der Waals surface area contributed by atoms with Crippen molar-refractivity contribution >= 4 is 23.1 Å². The molecule has 1 unspecified atom stereocenters. The number of carbonyl (C=O) groups excluding carboxylic acids is 2. The minimum atomic E-state index is -0.894. The smallest absolute Gasteiger partial charge is 0.295 e. The third kappa shape index (κ3) is 4.78. The molecule has 2 N–H and O–H groups in total. The normalized spacial score (nSPS) is 18.2. The number of rotatable bonds is 6. The van der Waals surface area contributed by atoms with Gasteiger partial charge in [0.25, 0.3) is 11.7 Å². The Morgan fingerprint density at radius 1 is 1.08 bits per heavy atom. The van der Waals surface area contributed by atoms with Gasteiger partial charge in [-0.2, -0.15) is 0 Å². The zero-order valence-corrected chi connectivity index (χ0v) is 22.5. The van der Waals surface area contributed by atoms with Crippen LogP contribution in [0.1, 0.15) is 40.8 Å². The lowest BCUT2D eigenvalue weighted by Crippen LogP contribution is -2.29. The molecule has 8 heteroatoms. The number of benzene rings is 3. The van der Waals surface area contributed by atoms with Crippen molar-refractivity contribution in [2.24, 2.45) is 0 Å². The van der Waals surface area contributed by atoms with Gasteiger partial charge in [0.1, 0.15) is 18.1 Å². The fraction of sp³-hybridized carbons (Fsp3) is 0.290. The van der Waals surface area contributed by atoms with Crippen LogP contribution in [0.2, 0.25) is 0 Å². The number of nitrogens with zero attached hydrogens (tertiary/aromatic N) is 2. The quantitative estimate of drug-likeness (QED) is 0.268. The molecule has 1 amide bonds. The molecule has 2 aliphatic rings. The second-order valence-corrected chi connectivity index (χ2v) is 9.97. The number of ether oxygens (including phenoxy) is 2. The lowest BCUT2D eigenvalue weighted by Gasteiger charge is -2.28. The summed E-state index contributed by atoms with van der Waals surface area (Å²) in [5.41, 5.74) is 4.64. The van der Waals surface area contributed by atoms with Crippen LogP contribution in [0, 0.1) is 13.8 Å². The van der Waals surface area contributed by atoms with Crippen LogP contribution in [0.3, 0.4) is 0 Å². The number of carbonyl (C=O) groups is 2. The second-order valence-electron chi connectivity index (χ2n) is 9.97. The van der Waals surface area contributed by atoms with E-state index < -0.39 is 17.7 Å². The number of aliphatic hydroxyl groups excluding tert-OH is 1. The van der Waals surface area contributed by atoms with E-state index in [9.17, 15) is 19.8 Å². The molecule has 0 saturated carbocycles. The van der Waals surface area contributed by atoms with E-state index in [2.05, 4.69) is 0 Å². The number of hydrogen-bond acceptors (Lipinski definition) is 7. The molecule has 1 atom stereocenters. The van der Waals surface area contributed by atoms with Gasteiger partial charge in [0.2, 0.25) is 0 Å². The molecule has 1 fully saturated rings. The molecule has 1 saturated heterocycles. The summed E-state index contributed by atoms with van der Waals surface area (Å²) in [7, 11) is 1.93. The van der Waals surface area contributed by atoms with Crippen LogP contribution in [0.5, 0.6) is 17.2 Å². The van der Waals surface area contributed by atoms with Gasteiger partial charge < -0.3 is 29.5 Å². The molecule has 0 bridgehead atoms. The molecule has 0 spiro atoms. The van der Waals surface area contributed by atoms with E-state index in [4.69, 9.17) is 9.47 Å². The van der Waals surface area contributed by atoms with Crippen LogP contribution in [0.15, 0.2) is 60.2 Å². The summed E-state index contributed by atoms with van der Waals surface area (Å²) in [5.74, 6) is -0.866. The van der Waals surface area contributed by atoms with Crippen LogP contribution in [-0.4, -0.2) is 53.6 Å². The summed E-state index contributed by atoms with van der Waals surface area (Å²) < 4.78 is 11.3. The van der Waals surface area contributed by atoms with Crippen molar-refractivity contribution in [3.8, 4) is 17.2 Å². The molecule has 3 aromatic carbocycles. The van der Waals surface area contributed by atoms with Crippen molar-refractivity contribution < 1.29 is 29.3 Å². The van der Waals surface area contributed by atoms with Crippen molar-refractivity contribution in [2.45, 2.75) is 33.4 Å². The standard InChI is InChI=1S/C31H32N2O6/c1-5-38-26-16-20(8-10-24(26)34)28-27(29(35)21-9-11-25-23(15-21)32(4)12-13-39-25)30(36)31(37)33(28)17-22-14-18(2)6-7-19(22)3/h6-11,14-16,28,34-35H,5,12-13,17H2,1-4H3/b29-27+. The Bertz CT molecular complexity index is 1490. The number of fused-ring (bicyclic) bond motifs is 1. The predicted molar refractivity (Wildman–Crippen MR) is 148 cm³/mol. The number of phenols is 1. The Kier molecular flexibility index (Phi) is 6.95. The van der Waals surface area contributed by atoms with E-state index in [0.29, 0.717) is 36.6 Å². The summed E-state index contributed by atoms with van der Waals surface area (Å²) in [4.78, 5) is 30.6. The van der Waals surface area contributed by atoms with Gasteiger partial charge in [0.05, 0.1) is 30.5 Å². The van der Waals surface area contributed by atoms with Gasteiger partial charge in [0, 0.05) is 19.2 Å². The highest BCUT2D eigenvalue weighted by Crippen LogP contribution is 2.43. The first-order valence-electron chi connectivity index (χ1n) is 13.0. The first-order valence-corrected chi connectivity index (χ1v) is 13.0. The number of aryl methyl sites for hydroxylation is 2. The topological polar surface area (TPSA) is 99.5 Å². The van der Waals surface area contributed by atoms with Crippen LogP contribution >= 0.6 is 0 Å². The Hall–Kier alpha value is -4.46. The number of amides is 1. The predicted octanol–water partition coefficient (Wildman–Crippen LogP) is 4.86. The molecule has 2 heterocycles. The fourth-order valence-electron chi connectivity index (χ4n) is 5.17. The molecule has 39 heavy (non-hydrogen) atoms. The lowest BCUT2D eigenvalue weighted by atomic mass is 9.94. The van der Waals surface area contributed by atoms with Gasteiger partial charge in [-0.25, -0.2) is 0 Å². The van der Waals surface area contributed by atoms with Crippen molar-refractivity contribution in [3.05, 3.63) is 88.0 Å². The molecule has 2 aliphatic heterocycles. The maximum Gasteiger partial charge on any atom is 0.295 e. The average molecular weight is 529 g/mol. The van der Waals surface area contributed by atoms with Crippen molar-refractivity contribution in [1.29, 1.82) is 0 Å². The Morgan fingerprint density at radius 3 is 2.64 bits per heavy atom. The Labute approximate surface area is 227 Å². The van der Waals surface area contributed by atoms with Gasteiger partial charge in [0.15, 0.2) is 11.5 Å². The minimum Gasteiger partial charge on any atom is -0.507 e. The van der Waals surface area contributed by atoms with Crippen LogP contribution in [0.25, 0.3) is 5.76 Å². The number of phenolic OH excluding ortho intramolecular Hbond substituents is 1. The van der Waals surface area contributed by atoms with E-state index in [1.165, 1.54) is 11.0 Å². The third-order valence-electron chi connectivity index (χ3n) is 7.31.